The summed E-state index contributed by atoms with van der Waals surface area (Å²) in [5.74, 6) is 2.75. The van der Waals surface area contributed by atoms with Gasteiger partial charge in [-0.1, -0.05) is 6.92 Å². The van der Waals surface area contributed by atoms with E-state index in [9.17, 15) is 0 Å². The van der Waals surface area contributed by atoms with E-state index in [2.05, 4.69) is 35.5 Å². The maximum atomic E-state index is 5.48. The van der Waals surface area contributed by atoms with Crippen molar-refractivity contribution in [2.24, 2.45) is 4.99 Å². The highest BCUT2D eigenvalue weighted by atomic mass is 127. The number of nitrogens with zero attached hydrogens (tertiary/aromatic N) is 1. The van der Waals surface area contributed by atoms with Gasteiger partial charge in [-0.2, -0.15) is 0 Å². The second kappa shape index (κ2) is 8.39. The van der Waals surface area contributed by atoms with E-state index in [1.54, 1.807) is 7.05 Å². The third kappa shape index (κ3) is 5.29. The van der Waals surface area contributed by atoms with Crippen LogP contribution in [-0.2, 0) is 6.54 Å². The van der Waals surface area contributed by atoms with Gasteiger partial charge in [0.15, 0.2) is 5.96 Å². The third-order valence-corrected chi connectivity index (χ3v) is 2.81. The van der Waals surface area contributed by atoms with Crippen LogP contribution in [0, 0.1) is 13.8 Å². The lowest BCUT2D eigenvalue weighted by Gasteiger charge is -2.16. The molecule has 0 aliphatic heterocycles. The van der Waals surface area contributed by atoms with Crippen molar-refractivity contribution in [3.63, 3.8) is 0 Å². The van der Waals surface area contributed by atoms with Crippen LogP contribution >= 0.6 is 24.0 Å². The quantitative estimate of drug-likeness (QED) is 0.490. The van der Waals surface area contributed by atoms with Crippen LogP contribution in [0.4, 0.5) is 0 Å². The molecule has 1 rings (SSSR count). The molecule has 18 heavy (non-hydrogen) atoms. The highest BCUT2D eigenvalue weighted by molar-refractivity contribution is 14.0. The van der Waals surface area contributed by atoms with Gasteiger partial charge in [0.25, 0.3) is 0 Å². The van der Waals surface area contributed by atoms with Crippen LogP contribution < -0.4 is 10.6 Å². The highest BCUT2D eigenvalue weighted by Gasteiger charge is 2.06. The number of rotatable bonds is 4. The molecule has 0 aliphatic carbocycles. The Labute approximate surface area is 127 Å². The molecule has 1 aromatic rings. The van der Waals surface area contributed by atoms with E-state index in [-0.39, 0.29) is 24.0 Å². The Morgan fingerprint density at radius 2 is 2.11 bits per heavy atom. The molecule has 0 fully saturated rings. The van der Waals surface area contributed by atoms with Crippen LogP contribution in [-0.4, -0.2) is 19.0 Å². The zero-order valence-electron chi connectivity index (χ0n) is 11.8. The Kier molecular flexibility index (Phi) is 8.06. The van der Waals surface area contributed by atoms with Gasteiger partial charge in [0.1, 0.15) is 11.5 Å². The Morgan fingerprint density at radius 3 is 2.56 bits per heavy atom. The highest BCUT2D eigenvalue weighted by Crippen LogP contribution is 2.12. The van der Waals surface area contributed by atoms with Gasteiger partial charge < -0.3 is 15.1 Å². The number of aryl methyl sites for hydroxylation is 2. The van der Waals surface area contributed by atoms with Gasteiger partial charge in [-0.15, -0.1) is 24.0 Å². The number of guanidine groups is 1. The topological polar surface area (TPSA) is 49.6 Å². The zero-order valence-corrected chi connectivity index (χ0v) is 14.2. The van der Waals surface area contributed by atoms with Crippen molar-refractivity contribution in [2.45, 2.75) is 46.7 Å². The molecule has 0 aliphatic rings. The van der Waals surface area contributed by atoms with Gasteiger partial charge in [-0.3, -0.25) is 4.99 Å². The number of nitrogens with one attached hydrogen (secondary N) is 2. The van der Waals surface area contributed by atoms with Crippen molar-refractivity contribution >= 4 is 29.9 Å². The van der Waals surface area contributed by atoms with Gasteiger partial charge in [-0.05, 0) is 33.3 Å². The molecular weight excluding hydrogens is 341 g/mol. The van der Waals surface area contributed by atoms with Gasteiger partial charge in [0.2, 0.25) is 0 Å². The summed E-state index contributed by atoms with van der Waals surface area (Å²) >= 11 is 0. The smallest absolute Gasteiger partial charge is 0.191 e. The third-order valence-electron chi connectivity index (χ3n) is 2.81. The van der Waals surface area contributed by atoms with Gasteiger partial charge in [0.05, 0.1) is 0 Å². The standard InChI is InChI=1S/C13H23N3O.HI/c1-6-9(2)16-13(14-5)15-8-12-7-10(3)17-11(12)4;/h7,9H,6,8H2,1-5H3,(H2,14,15,16);1H. The lowest BCUT2D eigenvalue weighted by atomic mass is 10.2. The molecule has 1 unspecified atom stereocenters. The van der Waals surface area contributed by atoms with E-state index in [0.717, 1.165) is 30.4 Å². The number of halogens is 1. The van der Waals surface area contributed by atoms with E-state index in [0.29, 0.717) is 6.04 Å². The fourth-order valence-electron chi connectivity index (χ4n) is 1.57. The van der Waals surface area contributed by atoms with Crippen molar-refractivity contribution in [3.05, 3.63) is 23.2 Å². The Bertz CT molecular complexity index is 388. The van der Waals surface area contributed by atoms with Gasteiger partial charge in [0, 0.05) is 25.2 Å². The zero-order chi connectivity index (χ0) is 12.8. The van der Waals surface area contributed by atoms with Crippen LogP contribution in [0.2, 0.25) is 0 Å². The SMILES string of the molecule is CCC(C)NC(=NC)NCc1cc(C)oc1C.I. The van der Waals surface area contributed by atoms with Crippen LogP contribution in [0.3, 0.4) is 0 Å². The van der Waals surface area contributed by atoms with Crippen molar-refractivity contribution in [2.75, 3.05) is 7.05 Å². The van der Waals surface area contributed by atoms with Crippen LogP contribution in [0.15, 0.2) is 15.5 Å². The van der Waals surface area contributed by atoms with Crippen molar-refractivity contribution in [1.82, 2.24) is 10.6 Å². The molecule has 4 nitrogen and oxygen atoms in total. The minimum Gasteiger partial charge on any atom is -0.466 e. The summed E-state index contributed by atoms with van der Waals surface area (Å²) < 4.78 is 5.48. The Balaban J connectivity index is 0.00000289. The van der Waals surface area contributed by atoms with Crippen LogP contribution in [0.1, 0.15) is 37.4 Å². The second-order valence-electron chi connectivity index (χ2n) is 4.32. The second-order valence-corrected chi connectivity index (χ2v) is 4.32. The van der Waals surface area contributed by atoms with Crippen molar-refractivity contribution in [1.29, 1.82) is 0 Å². The lowest BCUT2D eigenvalue weighted by Crippen LogP contribution is -2.41. The first-order chi connectivity index (χ1) is 8.06. The van der Waals surface area contributed by atoms with E-state index in [1.165, 1.54) is 5.56 Å². The molecule has 0 amide bonds. The molecule has 0 spiro atoms. The van der Waals surface area contributed by atoms with E-state index in [1.807, 2.05) is 13.8 Å². The van der Waals surface area contributed by atoms with Crippen LogP contribution in [0.5, 0.6) is 0 Å². The summed E-state index contributed by atoms with van der Waals surface area (Å²) in [6.45, 7) is 8.96. The number of aliphatic imine (C=N–C) groups is 1. The molecular formula is C13H24IN3O. The molecule has 0 saturated carbocycles. The first kappa shape index (κ1) is 17.3. The number of hydrogen-bond acceptors (Lipinski definition) is 2. The maximum absolute atomic E-state index is 5.48. The molecule has 2 N–H and O–H groups in total. The van der Waals surface area contributed by atoms with Gasteiger partial charge >= 0.3 is 0 Å². The molecule has 0 saturated heterocycles. The molecule has 5 heteroatoms. The summed E-state index contributed by atoms with van der Waals surface area (Å²) in [5, 5.41) is 6.61. The van der Waals surface area contributed by atoms with E-state index < -0.39 is 0 Å². The number of hydrogen-bond donors (Lipinski definition) is 2. The maximum Gasteiger partial charge on any atom is 0.191 e. The predicted molar refractivity (Wildman–Crippen MR) is 86.7 cm³/mol. The molecule has 0 aromatic carbocycles. The molecule has 104 valence electrons. The summed E-state index contributed by atoms with van der Waals surface area (Å²) in [5.41, 5.74) is 1.18. The average Bonchev–Trinajstić information content (AvgIpc) is 2.62. The minimum atomic E-state index is 0. The average molecular weight is 365 g/mol. The van der Waals surface area contributed by atoms with Gasteiger partial charge in [-0.25, -0.2) is 0 Å². The monoisotopic (exact) mass is 365 g/mol. The summed E-state index contributed by atoms with van der Waals surface area (Å²) in [6.07, 6.45) is 1.07. The molecule has 0 bridgehead atoms. The van der Waals surface area contributed by atoms with E-state index >= 15 is 0 Å². The lowest BCUT2D eigenvalue weighted by molar-refractivity contribution is 0.500. The predicted octanol–water partition coefficient (Wildman–Crippen LogP) is 2.98. The summed E-state index contributed by atoms with van der Waals surface area (Å²) in [4.78, 5) is 4.19. The Morgan fingerprint density at radius 1 is 1.44 bits per heavy atom. The van der Waals surface area contributed by atoms with Crippen molar-refractivity contribution < 1.29 is 4.42 Å². The summed E-state index contributed by atoms with van der Waals surface area (Å²) in [7, 11) is 1.78. The molecule has 1 aromatic heterocycles. The first-order valence-corrected chi connectivity index (χ1v) is 6.09. The van der Waals surface area contributed by atoms with Crippen LogP contribution in [0.25, 0.3) is 0 Å². The Hall–Kier alpha value is -0.720. The normalized spacial score (nSPS) is 12.8. The molecule has 1 heterocycles. The van der Waals surface area contributed by atoms with E-state index in [4.69, 9.17) is 4.42 Å². The summed E-state index contributed by atoms with van der Waals surface area (Å²) in [6, 6.07) is 2.48. The fraction of sp³-hybridized carbons (Fsp3) is 0.615. The molecule has 0 radical (unpaired) electrons. The largest absolute Gasteiger partial charge is 0.466 e. The molecule has 1 atom stereocenters. The number of furan rings is 1. The van der Waals surface area contributed by atoms with Crippen molar-refractivity contribution in [3.8, 4) is 0 Å². The fourth-order valence-corrected chi connectivity index (χ4v) is 1.57. The minimum absolute atomic E-state index is 0. The first-order valence-electron chi connectivity index (χ1n) is 6.09.